The molecule has 1 aliphatic rings. The molecule has 0 atom stereocenters. The van der Waals surface area contributed by atoms with Crippen LogP contribution in [0.5, 0.6) is 0 Å². The Labute approximate surface area is 157 Å². The average molecular weight is 360 g/mol. The van der Waals surface area contributed by atoms with Crippen molar-refractivity contribution in [3.8, 4) is 0 Å². The summed E-state index contributed by atoms with van der Waals surface area (Å²) in [5, 5.41) is 1.38. The second-order valence-corrected chi connectivity index (χ2v) is 10.2. The number of rotatable bonds is 3. The van der Waals surface area contributed by atoms with Crippen molar-refractivity contribution in [2.45, 2.75) is 0 Å². The summed E-state index contributed by atoms with van der Waals surface area (Å²) in [4.78, 5) is 0. The van der Waals surface area contributed by atoms with E-state index in [0.717, 1.165) is 0 Å². The van der Waals surface area contributed by atoms with Gasteiger partial charge < -0.3 is 0 Å². The quantitative estimate of drug-likeness (QED) is 0.658. The molecule has 0 radical (unpaired) electrons. The first-order valence-corrected chi connectivity index (χ1v) is 10.8. The van der Waals surface area contributed by atoms with Gasteiger partial charge in [0.25, 0.3) is 15.8 Å². The standard InChI is InChI=1S/C18H15B3S3/c1-4-10-16(11-5-1)19-22-20(17-12-6-2-7-13-17)24-21(23-19)18-14-8-3-9-15-18/h1-15H. The van der Waals surface area contributed by atoms with E-state index in [1.54, 1.807) is 0 Å². The first kappa shape index (κ1) is 16.4. The van der Waals surface area contributed by atoms with Crippen LogP contribution in [-0.2, 0) is 0 Å². The van der Waals surface area contributed by atoms with E-state index >= 15 is 0 Å². The van der Waals surface area contributed by atoms with Crippen molar-refractivity contribution < 1.29 is 0 Å². The first-order valence-electron chi connectivity index (χ1n) is 8.01. The van der Waals surface area contributed by atoms with Crippen LogP contribution in [0.2, 0.25) is 0 Å². The molecule has 114 valence electrons. The Kier molecular flexibility index (Phi) is 5.36. The smallest absolute Gasteiger partial charge is 0.222 e. The minimum absolute atomic E-state index is 0.461. The lowest BCUT2D eigenvalue weighted by atomic mass is 9.88. The maximum atomic E-state index is 2.25. The van der Waals surface area contributed by atoms with Gasteiger partial charge in [-0.15, -0.1) is 0 Å². The van der Waals surface area contributed by atoms with E-state index in [4.69, 9.17) is 0 Å². The summed E-state index contributed by atoms with van der Waals surface area (Å²) in [5.74, 6) is 0. The minimum atomic E-state index is 0.461. The molecule has 6 heteroatoms. The van der Waals surface area contributed by atoms with Crippen molar-refractivity contribution >= 4 is 66.6 Å². The zero-order valence-electron chi connectivity index (χ0n) is 13.1. The maximum absolute atomic E-state index is 2.25. The Morgan fingerprint density at radius 2 is 0.625 bits per heavy atom. The van der Waals surface area contributed by atoms with Crippen molar-refractivity contribution in [3.63, 3.8) is 0 Å². The third kappa shape index (κ3) is 3.76. The van der Waals surface area contributed by atoms with Crippen LogP contribution in [0.1, 0.15) is 0 Å². The van der Waals surface area contributed by atoms with E-state index in [1.807, 2.05) is 0 Å². The van der Waals surface area contributed by atoms with Crippen molar-refractivity contribution in [2.75, 3.05) is 0 Å². The van der Waals surface area contributed by atoms with E-state index in [0.29, 0.717) is 15.8 Å². The molecule has 4 rings (SSSR count). The lowest BCUT2D eigenvalue weighted by Gasteiger charge is -2.30. The first-order chi connectivity index (χ1) is 11.9. The topological polar surface area (TPSA) is 0 Å². The van der Waals surface area contributed by atoms with Gasteiger partial charge in [0.05, 0.1) is 0 Å². The molecule has 1 fully saturated rings. The van der Waals surface area contributed by atoms with Gasteiger partial charge in [-0.25, -0.2) is 34.4 Å². The van der Waals surface area contributed by atoms with Gasteiger partial charge in [0, 0.05) is 0 Å². The SMILES string of the molecule is c1ccc(B2SB(c3ccccc3)SB(c3ccccc3)S2)cc1. The molecular weight excluding hydrogens is 345 g/mol. The highest BCUT2D eigenvalue weighted by atomic mass is 32.3. The molecule has 0 unspecified atom stereocenters. The summed E-state index contributed by atoms with van der Waals surface area (Å²) < 4.78 is 0. The van der Waals surface area contributed by atoms with Gasteiger partial charge >= 0.3 is 0 Å². The predicted octanol–water partition coefficient (Wildman–Crippen LogP) is 3.39. The fourth-order valence-electron chi connectivity index (χ4n) is 2.73. The molecule has 0 nitrogen and oxygen atoms in total. The van der Waals surface area contributed by atoms with Crippen molar-refractivity contribution in [1.82, 2.24) is 0 Å². The largest absolute Gasteiger partial charge is 0.288 e. The summed E-state index contributed by atoms with van der Waals surface area (Å²) in [6.07, 6.45) is 0. The number of hydrogen-bond acceptors (Lipinski definition) is 3. The molecule has 0 aliphatic carbocycles. The number of hydrogen-bond donors (Lipinski definition) is 0. The normalized spacial score (nSPS) is 14.8. The van der Waals surface area contributed by atoms with Gasteiger partial charge in [-0.1, -0.05) is 107 Å². The lowest BCUT2D eigenvalue weighted by Crippen LogP contribution is -2.44. The van der Waals surface area contributed by atoms with Gasteiger partial charge in [0.15, 0.2) is 0 Å². The van der Waals surface area contributed by atoms with Gasteiger partial charge in [-0.05, 0) is 0 Å². The second-order valence-electron chi connectivity index (χ2n) is 5.64. The van der Waals surface area contributed by atoms with Gasteiger partial charge in [0.2, 0.25) is 0 Å². The summed E-state index contributed by atoms with van der Waals surface area (Å²) in [6.45, 7) is 0. The monoisotopic (exact) mass is 360 g/mol. The van der Waals surface area contributed by atoms with E-state index in [2.05, 4.69) is 125 Å². The Balaban J connectivity index is 1.66. The molecule has 24 heavy (non-hydrogen) atoms. The van der Waals surface area contributed by atoms with E-state index in [-0.39, 0.29) is 0 Å². The highest BCUT2D eigenvalue weighted by Crippen LogP contribution is 2.39. The molecule has 0 aromatic heterocycles. The van der Waals surface area contributed by atoms with Crippen LogP contribution in [0.3, 0.4) is 0 Å². The molecule has 1 saturated heterocycles. The molecule has 3 aromatic rings. The summed E-state index contributed by atoms with van der Waals surface area (Å²) in [7, 11) is 0. The van der Waals surface area contributed by atoms with Crippen LogP contribution in [0.4, 0.5) is 0 Å². The van der Waals surface area contributed by atoms with Crippen LogP contribution < -0.4 is 16.4 Å². The Hall–Kier alpha value is -1.10. The zero-order valence-corrected chi connectivity index (χ0v) is 15.6. The Morgan fingerprint density at radius 3 is 0.875 bits per heavy atom. The van der Waals surface area contributed by atoms with E-state index < -0.39 is 0 Å². The average Bonchev–Trinajstić information content (AvgIpc) is 2.70. The van der Waals surface area contributed by atoms with Gasteiger partial charge in [-0.2, -0.15) is 0 Å². The third-order valence-corrected chi connectivity index (χ3v) is 9.07. The fraction of sp³-hybridized carbons (Fsp3) is 0. The summed E-state index contributed by atoms with van der Waals surface area (Å²) in [6, 6.07) is 32.7. The highest BCUT2D eigenvalue weighted by molar-refractivity contribution is 8.94. The Bertz CT molecular complexity index is 657. The third-order valence-electron chi connectivity index (χ3n) is 3.96. The molecule has 1 heterocycles. The lowest BCUT2D eigenvalue weighted by molar-refractivity contribution is 1.77. The molecule has 0 amide bonds. The van der Waals surface area contributed by atoms with Crippen LogP contribution in [0, 0.1) is 0 Å². The maximum Gasteiger partial charge on any atom is 0.288 e. The highest BCUT2D eigenvalue weighted by Gasteiger charge is 2.39. The summed E-state index contributed by atoms with van der Waals surface area (Å²) >= 11 is 6.19. The molecule has 3 aromatic carbocycles. The van der Waals surface area contributed by atoms with Crippen LogP contribution >= 0.6 is 34.4 Å². The second kappa shape index (κ2) is 7.86. The molecule has 0 saturated carbocycles. The molecule has 0 N–H and O–H groups in total. The number of benzene rings is 3. The van der Waals surface area contributed by atoms with E-state index in [9.17, 15) is 0 Å². The Morgan fingerprint density at radius 1 is 0.375 bits per heavy atom. The van der Waals surface area contributed by atoms with Crippen LogP contribution in [0.15, 0.2) is 91.0 Å². The van der Waals surface area contributed by atoms with Gasteiger partial charge in [0.1, 0.15) is 0 Å². The summed E-state index contributed by atoms with van der Waals surface area (Å²) in [5.41, 5.74) is 4.24. The molecule has 0 spiro atoms. The molecule has 0 bridgehead atoms. The van der Waals surface area contributed by atoms with Crippen molar-refractivity contribution in [1.29, 1.82) is 0 Å². The predicted molar refractivity (Wildman–Crippen MR) is 118 cm³/mol. The van der Waals surface area contributed by atoms with Gasteiger partial charge in [-0.3, -0.25) is 0 Å². The minimum Gasteiger partial charge on any atom is -0.222 e. The van der Waals surface area contributed by atoms with Crippen molar-refractivity contribution in [3.05, 3.63) is 91.0 Å². The van der Waals surface area contributed by atoms with E-state index in [1.165, 1.54) is 16.4 Å². The molecular formula is C18H15B3S3. The molecule has 1 aliphatic heterocycles. The van der Waals surface area contributed by atoms with Crippen molar-refractivity contribution in [2.24, 2.45) is 0 Å². The fourth-order valence-corrected chi connectivity index (χ4v) is 8.70. The van der Waals surface area contributed by atoms with Crippen LogP contribution in [-0.4, -0.2) is 15.8 Å². The zero-order chi connectivity index (χ0) is 16.2. The van der Waals surface area contributed by atoms with Crippen LogP contribution in [0.25, 0.3) is 0 Å².